The van der Waals surface area contributed by atoms with Gasteiger partial charge >= 0.3 is 5.69 Å². The van der Waals surface area contributed by atoms with E-state index in [9.17, 15) is 10.1 Å². The standard InChI is InChI=1S/C17H16ClN7O2/c18-12-3-1-11(2-4-12)7-19-17-20-8-15(25(26)27)16(23-17)24-6-5-13-14(9-24)22-10-21-13/h1-4,8,10H,5-7,9H2,(H,21,22)(H,19,20,23). The van der Waals surface area contributed by atoms with Crippen molar-refractivity contribution in [1.82, 2.24) is 19.9 Å². The zero-order valence-electron chi connectivity index (χ0n) is 14.2. The highest BCUT2D eigenvalue weighted by Crippen LogP contribution is 2.29. The van der Waals surface area contributed by atoms with Crippen LogP contribution in [0.15, 0.2) is 36.8 Å². The lowest BCUT2D eigenvalue weighted by atomic mass is 10.1. The summed E-state index contributed by atoms with van der Waals surface area (Å²) in [7, 11) is 0. The molecule has 0 unspecified atom stereocenters. The van der Waals surface area contributed by atoms with Crippen LogP contribution in [0, 0.1) is 10.1 Å². The molecular formula is C17H16ClN7O2. The Bertz CT molecular complexity index is 974. The molecule has 0 bridgehead atoms. The van der Waals surface area contributed by atoms with Gasteiger partial charge in [0.25, 0.3) is 0 Å². The molecule has 0 atom stereocenters. The molecule has 3 aromatic rings. The number of aromatic amines is 1. The van der Waals surface area contributed by atoms with Crippen LogP contribution in [0.5, 0.6) is 0 Å². The quantitative estimate of drug-likeness (QED) is 0.512. The first-order chi connectivity index (χ1) is 13.1. The maximum Gasteiger partial charge on any atom is 0.329 e. The van der Waals surface area contributed by atoms with Crippen molar-refractivity contribution in [2.75, 3.05) is 16.8 Å². The fourth-order valence-electron chi connectivity index (χ4n) is 2.99. The number of hydrogen-bond acceptors (Lipinski definition) is 7. The van der Waals surface area contributed by atoms with E-state index >= 15 is 0 Å². The molecule has 0 radical (unpaired) electrons. The highest BCUT2D eigenvalue weighted by Gasteiger charge is 2.27. The van der Waals surface area contributed by atoms with Crippen LogP contribution < -0.4 is 10.2 Å². The molecule has 2 N–H and O–H groups in total. The molecule has 0 saturated heterocycles. The predicted octanol–water partition coefficient (Wildman–Crippen LogP) is 2.94. The third kappa shape index (κ3) is 3.68. The molecule has 0 saturated carbocycles. The molecule has 1 aromatic carbocycles. The van der Waals surface area contributed by atoms with Crippen LogP contribution in [0.25, 0.3) is 0 Å². The van der Waals surface area contributed by atoms with Crippen LogP contribution in [0.1, 0.15) is 17.0 Å². The van der Waals surface area contributed by atoms with Gasteiger partial charge in [-0.2, -0.15) is 4.98 Å². The fraction of sp³-hybridized carbons (Fsp3) is 0.235. The summed E-state index contributed by atoms with van der Waals surface area (Å²) in [6, 6.07) is 7.39. The summed E-state index contributed by atoms with van der Waals surface area (Å²) in [5.41, 5.74) is 2.82. The van der Waals surface area contributed by atoms with Gasteiger partial charge in [0.15, 0.2) is 0 Å². The number of anilines is 2. The highest BCUT2D eigenvalue weighted by molar-refractivity contribution is 6.30. The van der Waals surface area contributed by atoms with Crippen LogP contribution in [0.3, 0.4) is 0 Å². The van der Waals surface area contributed by atoms with Gasteiger partial charge in [-0.15, -0.1) is 0 Å². The van der Waals surface area contributed by atoms with Gasteiger partial charge in [-0.05, 0) is 17.7 Å². The number of nitro groups is 1. The topological polar surface area (TPSA) is 113 Å². The zero-order chi connectivity index (χ0) is 18.8. The Balaban J connectivity index is 1.57. The van der Waals surface area contributed by atoms with Crippen molar-refractivity contribution in [1.29, 1.82) is 0 Å². The maximum absolute atomic E-state index is 11.4. The van der Waals surface area contributed by atoms with Gasteiger partial charge in [-0.3, -0.25) is 10.1 Å². The van der Waals surface area contributed by atoms with Gasteiger partial charge < -0.3 is 15.2 Å². The molecule has 0 amide bonds. The van der Waals surface area contributed by atoms with Crippen LogP contribution in [0.2, 0.25) is 5.02 Å². The molecule has 1 aliphatic heterocycles. The van der Waals surface area contributed by atoms with Gasteiger partial charge in [0.05, 0.1) is 23.5 Å². The predicted molar refractivity (Wildman–Crippen MR) is 101 cm³/mol. The molecule has 2 aromatic heterocycles. The first-order valence-corrected chi connectivity index (χ1v) is 8.74. The summed E-state index contributed by atoms with van der Waals surface area (Å²) < 4.78 is 0. The van der Waals surface area contributed by atoms with Crippen molar-refractivity contribution in [3.05, 3.63) is 68.9 Å². The Morgan fingerprint density at radius 1 is 1.30 bits per heavy atom. The lowest BCUT2D eigenvalue weighted by Gasteiger charge is -2.26. The Hall–Kier alpha value is -3.20. The van der Waals surface area contributed by atoms with Gasteiger partial charge in [-0.1, -0.05) is 23.7 Å². The molecule has 0 spiro atoms. The lowest BCUT2D eigenvalue weighted by Crippen LogP contribution is -2.32. The first-order valence-electron chi connectivity index (χ1n) is 8.36. The average molecular weight is 386 g/mol. The van der Waals surface area contributed by atoms with Crippen molar-refractivity contribution in [2.45, 2.75) is 19.5 Å². The number of hydrogen-bond donors (Lipinski definition) is 2. The summed E-state index contributed by atoms with van der Waals surface area (Å²) in [6.07, 6.45) is 3.61. The van der Waals surface area contributed by atoms with E-state index in [0.29, 0.717) is 36.4 Å². The molecule has 10 heteroatoms. The summed E-state index contributed by atoms with van der Waals surface area (Å²) in [5, 5.41) is 15.2. The fourth-order valence-corrected chi connectivity index (χ4v) is 3.11. The third-order valence-corrected chi connectivity index (χ3v) is 4.64. The Labute approximate surface area is 159 Å². The van der Waals surface area contributed by atoms with Gasteiger partial charge in [0.1, 0.15) is 6.20 Å². The number of fused-ring (bicyclic) bond motifs is 1. The molecule has 9 nitrogen and oxygen atoms in total. The molecular weight excluding hydrogens is 370 g/mol. The smallest absolute Gasteiger partial charge is 0.329 e. The average Bonchev–Trinajstić information content (AvgIpc) is 3.15. The second kappa shape index (κ2) is 7.20. The summed E-state index contributed by atoms with van der Waals surface area (Å²) >= 11 is 5.89. The van der Waals surface area contributed by atoms with E-state index in [1.165, 1.54) is 6.20 Å². The molecule has 27 heavy (non-hydrogen) atoms. The van der Waals surface area contributed by atoms with E-state index in [0.717, 1.165) is 23.4 Å². The largest absolute Gasteiger partial charge is 0.350 e. The van der Waals surface area contributed by atoms with Crippen molar-refractivity contribution >= 4 is 29.1 Å². The van der Waals surface area contributed by atoms with Gasteiger partial charge in [0.2, 0.25) is 11.8 Å². The summed E-state index contributed by atoms with van der Waals surface area (Å²) in [6.45, 7) is 1.56. The van der Waals surface area contributed by atoms with Crippen LogP contribution in [0.4, 0.5) is 17.5 Å². The molecule has 138 valence electrons. The van der Waals surface area contributed by atoms with E-state index in [1.807, 2.05) is 17.0 Å². The number of aromatic nitrogens is 4. The van der Waals surface area contributed by atoms with Gasteiger partial charge in [-0.25, -0.2) is 9.97 Å². The first kappa shape index (κ1) is 17.2. The SMILES string of the molecule is O=[N+]([O-])c1cnc(NCc2ccc(Cl)cc2)nc1N1CCc2[nH]cnc2C1. The second-order valence-electron chi connectivity index (χ2n) is 6.14. The van der Waals surface area contributed by atoms with Crippen LogP contribution in [-0.2, 0) is 19.5 Å². The Kier molecular flexibility index (Phi) is 4.59. The van der Waals surface area contributed by atoms with E-state index in [2.05, 4.69) is 25.3 Å². The lowest BCUT2D eigenvalue weighted by molar-refractivity contribution is -0.384. The van der Waals surface area contributed by atoms with Crippen molar-refractivity contribution in [3.8, 4) is 0 Å². The van der Waals surface area contributed by atoms with E-state index in [-0.39, 0.29) is 5.69 Å². The summed E-state index contributed by atoms with van der Waals surface area (Å²) in [4.78, 5) is 28.7. The highest BCUT2D eigenvalue weighted by atomic mass is 35.5. The molecule has 4 rings (SSSR count). The maximum atomic E-state index is 11.4. The number of imidazole rings is 1. The minimum absolute atomic E-state index is 0.119. The van der Waals surface area contributed by atoms with Crippen molar-refractivity contribution in [3.63, 3.8) is 0 Å². The van der Waals surface area contributed by atoms with E-state index in [4.69, 9.17) is 11.6 Å². The molecule has 1 aliphatic rings. The Morgan fingerprint density at radius 3 is 2.89 bits per heavy atom. The van der Waals surface area contributed by atoms with Crippen LogP contribution >= 0.6 is 11.6 Å². The third-order valence-electron chi connectivity index (χ3n) is 4.39. The number of nitrogens with zero attached hydrogens (tertiary/aromatic N) is 5. The molecule has 0 fully saturated rings. The monoisotopic (exact) mass is 385 g/mol. The van der Waals surface area contributed by atoms with E-state index in [1.54, 1.807) is 18.5 Å². The minimum Gasteiger partial charge on any atom is -0.350 e. The van der Waals surface area contributed by atoms with Crippen LogP contribution in [-0.4, -0.2) is 31.4 Å². The van der Waals surface area contributed by atoms with Crippen molar-refractivity contribution < 1.29 is 4.92 Å². The number of benzene rings is 1. The summed E-state index contributed by atoms with van der Waals surface area (Å²) in [5.74, 6) is 0.626. The number of rotatable bonds is 5. The number of nitrogens with one attached hydrogen (secondary N) is 2. The normalized spacial score (nSPS) is 13.3. The zero-order valence-corrected chi connectivity index (χ0v) is 15.0. The number of halogens is 1. The van der Waals surface area contributed by atoms with E-state index < -0.39 is 4.92 Å². The van der Waals surface area contributed by atoms with Gasteiger partial charge in [0, 0.05) is 30.2 Å². The van der Waals surface area contributed by atoms with Crippen molar-refractivity contribution in [2.24, 2.45) is 0 Å². The molecule has 3 heterocycles. The number of H-pyrrole nitrogens is 1. The minimum atomic E-state index is -0.460. The molecule has 0 aliphatic carbocycles. The Morgan fingerprint density at radius 2 is 2.11 bits per heavy atom. The second-order valence-corrected chi connectivity index (χ2v) is 6.58.